The van der Waals surface area contributed by atoms with Crippen LogP contribution in [0.2, 0.25) is 5.02 Å². The zero-order valence-corrected chi connectivity index (χ0v) is 13.9. The molecular formula is C14H19BrClNO2. The van der Waals surface area contributed by atoms with Gasteiger partial charge in [-0.05, 0) is 45.0 Å². The van der Waals surface area contributed by atoms with Crippen LogP contribution in [-0.2, 0) is 4.79 Å². The molecule has 1 aromatic carbocycles. The summed E-state index contributed by atoms with van der Waals surface area (Å²) < 4.78 is 0.911. The maximum atomic E-state index is 11.4. The van der Waals surface area contributed by atoms with Crippen molar-refractivity contribution in [3.05, 3.63) is 33.3 Å². The van der Waals surface area contributed by atoms with E-state index in [0.717, 1.165) is 10.0 Å². The minimum absolute atomic E-state index is 0.0725. The number of benzene rings is 1. The highest BCUT2D eigenvalue weighted by Gasteiger charge is 2.37. The summed E-state index contributed by atoms with van der Waals surface area (Å²) in [5.74, 6) is -0.838. The highest BCUT2D eigenvalue weighted by atomic mass is 79.9. The number of carbonyl (C=O) groups is 1. The Bertz CT molecular complexity index is 477. The lowest BCUT2D eigenvalue weighted by molar-refractivity contribution is -0.150. The predicted molar refractivity (Wildman–Crippen MR) is 81.7 cm³/mol. The quantitative estimate of drug-likeness (QED) is 0.860. The van der Waals surface area contributed by atoms with Crippen molar-refractivity contribution in [3.8, 4) is 0 Å². The van der Waals surface area contributed by atoms with E-state index in [2.05, 4.69) is 15.9 Å². The second-order valence-electron chi connectivity index (χ2n) is 4.99. The molecule has 0 radical (unpaired) electrons. The van der Waals surface area contributed by atoms with Crippen molar-refractivity contribution in [3.63, 3.8) is 0 Å². The Labute approximate surface area is 127 Å². The monoisotopic (exact) mass is 347 g/mol. The highest BCUT2D eigenvalue weighted by Crippen LogP contribution is 2.33. The van der Waals surface area contributed by atoms with Crippen LogP contribution in [0.5, 0.6) is 0 Å². The zero-order valence-electron chi connectivity index (χ0n) is 11.6. The van der Waals surface area contributed by atoms with Crippen molar-refractivity contribution in [2.75, 3.05) is 6.54 Å². The third-order valence-electron chi connectivity index (χ3n) is 3.46. The Morgan fingerprint density at radius 3 is 2.53 bits per heavy atom. The molecule has 0 fully saturated rings. The number of carboxylic acid groups (broad SMARTS) is 1. The molecule has 1 N–H and O–H groups in total. The average molecular weight is 349 g/mol. The molecule has 1 rings (SSSR count). The largest absolute Gasteiger partial charge is 0.480 e. The van der Waals surface area contributed by atoms with Crippen molar-refractivity contribution in [1.82, 2.24) is 4.90 Å². The molecule has 1 aromatic rings. The van der Waals surface area contributed by atoms with Gasteiger partial charge in [-0.1, -0.05) is 40.5 Å². The Kier molecular flexibility index (Phi) is 5.42. The number of aliphatic carboxylic acids is 1. The van der Waals surface area contributed by atoms with Crippen LogP contribution in [-0.4, -0.2) is 28.1 Å². The Hall–Kier alpha value is -0.580. The minimum atomic E-state index is -0.940. The summed E-state index contributed by atoms with van der Waals surface area (Å²) in [6.45, 7) is 7.98. The first-order chi connectivity index (χ1) is 8.71. The van der Waals surface area contributed by atoms with Crippen molar-refractivity contribution in [2.24, 2.45) is 0 Å². The van der Waals surface area contributed by atoms with Gasteiger partial charge >= 0.3 is 5.97 Å². The van der Waals surface area contributed by atoms with E-state index in [1.54, 1.807) is 13.8 Å². The summed E-state index contributed by atoms with van der Waals surface area (Å²) in [4.78, 5) is 13.3. The van der Waals surface area contributed by atoms with E-state index in [1.165, 1.54) is 0 Å². The fourth-order valence-corrected chi connectivity index (χ4v) is 3.12. The zero-order chi connectivity index (χ0) is 14.8. The number of hydrogen-bond acceptors (Lipinski definition) is 2. The fraction of sp³-hybridized carbons (Fsp3) is 0.500. The average Bonchev–Trinajstić information content (AvgIpc) is 2.28. The molecule has 1 atom stereocenters. The smallest absolute Gasteiger partial charge is 0.323 e. The molecule has 0 heterocycles. The van der Waals surface area contributed by atoms with Crippen LogP contribution >= 0.6 is 27.5 Å². The molecule has 0 aliphatic heterocycles. The number of likely N-dealkylation sites (N-methyl/N-ethyl adjacent to an activating group) is 1. The standard InChI is InChI=1S/C14H19BrClNO2/c1-5-17(14(3,4)13(18)19)9(2)11-7-6-10(15)8-12(11)16/h6-9H,5H2,1-4H3,(H,18,19). The fourth-order valence-electron chi connectivity index (χ4n) is 2.28. The van der Waals surface area contributed by atoms with E-state index in [0.29, 0.717) is 11.6 Å². The van der Waals surface area contributed by atoms with Gasteiger partial charge in [-0.3, -0.25) is 9.69 Å². The van der Waals surface area contributed by atoms with E-state index in [-0.39, 0.29) is 6.04 Å². The lowest BCUT2D eigenvalue weighted by Gasteiger charge is -2.39. The van der Waals surface area contributed by atoms with Gasteiger partial charge in [0, 0.05) is 15.5 Å². The van der Waals surface area contributed by atoms with Crippen molar-refractivity contribution in [2.45, 2.75) is 39.3 Å². The van der Waals surface area contributed by atoms with Crippen LogP contribution in [0.25, 0.3) is 0 Å². The molecule has 0 bridgehead atoms. The number of hydrogen-bond donors (Lipinski definition) is 1. The van der Waals surface area contributed by atoms with E-state index in [1.807, 2.05) is 36.9 Å². The molecule has 0 aromatic heterocycles. The van der Waals surface area contributed by atoms with Gasteiger partial charge in [0.1, 0.15) is 5.54 Å². The van der Waals surface area contributed by atoms with Crippen LogP contribution in [0.1, 0.15) is 39.3 Å². The van der Waals surface area contributed by atoms with E-state index < -0.39 is 11.5 Å². The molecule has 19 heavy (non-hydrogen) atoms. The van der Waals surface area contributed by atoms with Gasteiger partial charge < -0.3 is 5.11 Å². The molecule has 0 aliphatic carbocycles. The summed E-state index contributed by atoms with van der Waals surface area (Å²) in [6, 6.07) is 5.60. The minimum Gasteiger partial charge on any atom is -0.480 e. The summed E-state index contributed by atoms with van der Waals surface area (Å²) in [6.07, 6.45) is 0. The lowest BCUT2D eigenvalue weighted by atomic mass is 9.97. The van der Waals surface area contributed by atoms with Gasteiger partial charge in [-0.25, -0.2) is 0 Å². The molecule has 0 amide bonds. The molecule has 106 valence electrons. The molecule has 5 heteroatoms. The van der Waals surface area contributed by atoms with Gasteiger partial charge in [0.25, 0.3) is 0 Å². The van der Waals surface area contributed by atoms with Crippen molar-refractivity contribution >= 4 is 33.5 Å². The lowest BCUT2D eigenvalue weighted by Crippen LogP contribution is -2.51. The summed E-state index contributed by atoms with van der Waals surface area (Å²) in [5.41, 5.74) is -0.00839. The first-order valence-electron chi connectivity index (χ1n) is 6.16. The van der Waals surface area contributed by atoms with E-state index in [9.17, 15) is 9.90 Å². The normalized spacial score (nSPS) is 13.6. The Morgan fingerprint density at radius 1 is 1.53 bits per heavy atom. The van der Waals surface area contributed by atoms with Crippen LogP contribution < -0.4 is 0 Å². The number of halogens is 2. The molecule has 3 nitrogen and oxygen atoms in total. The second-order valence-corrected chi connectivity index (χ2v) is 6.31. The second kappa shape index (κ2) is 6.25. The topological polar surface area (TPSA) is 40.5 Å². The summed E-state index contributed by atoms with van der Waals surface area (Å²) in [7, 11) is 0. The van der Waals surface area contributed by atoms with E-state index >= 15 is 0 Å². The third kappa shape index (κ3) is 3.50. The molecule has 0 saturated carbocycles. The number of nitrogens with zero attached hydrogens (tertiary/aromatic N) is 1. The van der Waals surface area contributed by atoms with Crippen molar-refractivity contribution in [1.29, 1.82) is 0 Å². The maximum absolute atomic E-state index is 11.4. The van der Waals surface area contributed by atoms with E-state index in [4.69, 9.17) is 11.6 Å². The predicted octanol–water partition coefficient (Wildman–Crippen LogP) is 4.35. The number of carboxylic acids is 1. The molecule has 0 saturated heterocycles. The first-order valence-corrected chi connectivity index (χ1v) is 7.34. The van der Waals surface area contributed by atoms with Gasteiger partial charge in [0.2, 0.25) is 0 Å². The molecular weight excluding hydrogens is 330 g/mol. The van der Waals surface area contributed by atoms with Crippen LogP contribution in [0, 0.1) is 0 Å². The maximum Gasteiger partial charge on any atom is 0.323 e. The SMILES string of the molecule is CCN(C(C)c1ccc(Br)cc1Cl)C(C)(C)C(=O)O. The molecule has 0 aliphatic rings. The van der Waals surface area contributed by atoms with Crippen LogP contribution in [0.4, 0.5) is 0 Å². The summed E-state index contributed by atoms with van der Waals surface area (Å²) >= 11 is 9.62. The number of rotatable bonds is 5. The Balaban J connectivity index is 3.15. The summed E-state index contributed by atoms with van der Waals surface area (Å²) in [5, 5.41) is 10.0. The Morgan fingerprint density at radius 2 is 2.11 bits per heavy atom. The van der Waals surface area contributed by atoms with Crippen LogP contribution in [0.15, 0.2) is 22.7 Å². The highest BCUT2D eigenvalue weighted by molar-refractivity contribution is 9.10. The third-order valence-corrected chi connectivity index (χ3v) is 4.28. The molecule has 0 spiro atoms. The van der Waals surface area contributed by atoms with Crippen LogP contribution in [0.3, 0.4) is 0 Å². The molecule has 1 unspecified atom stereocenters. The van der Waals surface area contributed by atoms with Gasteiger partial charge in [0.05, 0.1) is 0 Å². The van der Waals surface area contributed by atoms with Gasteiger partial charge in [-0.2, -0.15) is 0 Å². The van der Waals surface area contributed by atoms with Crippen molar-refractivity contribution < 1.29 is 9.90 Å². The first kappa shape index (κ1) is 16.5. The van der Waals surface area contributed by atoms with Gasteiger partial charge in [0.15, 0.2) is 0 Å². The van der Waals surface area contributed by atoms with Gasteiger partial charge in [-0.15, -0.1) is 0 Å².